The van der Waals surface area contributed by atoms with Crippen molar-refractivity contribution < 1.29 is 14.3 Å². The van der Waals surface area contributed by atoms with Crippen molar-refractivity contribution in [3.63, 3.8) is 0 Å². The molecule has 2 saturated heterocycles. The highest BCUT2D eigenvalue weighted by Crippen LogP contribution is 2.39. The summed E-state index contributed by atoms with van der Waals surface area (Å²) in [5, 5.41) is 3.09. The minimum absolute atomic E-state index is 0.0951. The van der Waals surface area contributed by atoms with Crippen LogP contribution in [0, 0.1) is 24.7 Å². The van der Waals surface area contributed by atoms with E-state index < -0.39 is 0 Å². The van der Waals surface area contributed by atoms with Crippen LogP contribution in [0.2, 0.25) is 0 Å². The Labute approximate surface area is 220 Å². The van der Waals surface area contributed by atoms with E-state index in [4.69, 9.17) is 4.74 Å². The molecule has 6 rings (SSSR count). The molecule has 5 aliphatic rings. The van der Waals surface area contributed by atoms with Crippen molar-refractivity contribution in [1.82, 2.24) is 15.1 Å². The molecule has 198 valence electrons. The number of piperidine rings is 1. The molecule has 36 heavy (non-hydrogen) atoms. The number of ether oxygens (including phenoxy) is 1. The van der Waals surface area contributed by atoms with Crippen LogP contribution >= 0.6 is 11.3 Å². The highest BCUT2D eigenvalue weighted by atomic mass is 32.1. The molecule has 3 atom stereocenters. The summed E-state index contributed by atoms with van der Waals surface area (Å²) in [7, 11) is 0. The Morgan fingerprint density at radius 2 is 1.78 bits per heavy atom. The predicted octanol–water partition coefficient (Wildman–Crippen LogP) is 4.18. The highest BCUT2D eigenvalue weighted by molar-refractivity contribution is 7.12. The second kappa shape index (κ2) is 10.0. The minimum atomic E-state index is -0.0951. The topological polar surface area (TPSA) is 61.9 Å². The molecule has 2 aliphatic carbocycles. The lowest BCUT2D eigenvalue weighted by atomic mass is 9.81. The van der Waals surface area contributed by atoms with Crippen LogP contribution in [0.1, 0.15) is 84.5 Å². The molecule has 4 heterocycles. The molecule has 0 bridgehead atoms. The third-order valence-electron chi connectivity index (χ3n) is 9.58. The molecule has 4 fully saturated rings. The molecule has 1 aromatic rings. The van der Waals surface area contributed by atoms with Gasteiger partial charge in [0.05, 0.1) is 23.7 Å². The number of carbonyl (C=O) groups is 2. The first-order chi connectivity index (χ1) is 17.4. The zero-order valence-corrected chi connectivity index (χ0v) is 23.1. The Morgan fingerprint density at radius 1 is 1.03 bits per heavy atom. The number of likely N-dealkylation sites (tertiary alicyclic amines) is 1. The third-order valence-corrected chi connectivity index (χ3v) is 10.9. The third kappa shape index (κ3) is 5.00. The SMILES string of the molecule is Cc1c(C[C@H]2CC[C@H](N3CC(OC4CC4)C3)CC2)sc2c1C(=O)N(CC1C(=O)NC(C)CC1C)CC2. The van der Waals surface area contributed by atoms with Crippen LogP contribution in [-0.4, -0.2) is 72.1 Å². The smallest absolute Gasteiger partial charge is 0.255 e. The molecule has 1 aromatic heterocycles. The molecule has 2 saturated carbocycles. The van der Waals surface area contributed by atoms with E-state index in [1.165, 1.54) is 53.8 Å². The molecule has 7 heteroatoms. The van der Waals surface area contributed by atoms with Crippen molar-refractivity contribution in [2.75, 3.05) is 26.2 Å². The van der Waals surface area contributed by atoms with Gasteiger partial charge in [-0.3, -0.25) is 14.5 Å². The molecule has 6 nitrogen and oxygen atoms in total. The first-order valence-corrected chi connectivity index (χ1v) is 15.3. The van der Waals surface area contributed by atoms with Crippen molar-refractivity contribution in [3.8, 4) is 0 Å². The number of hydrogen-bond donors (Lipinski definition) is 1. The van der Waals surface area contributed by atoms with Gasteiger partial charge in [-0.15, -0.1) is 11.3 Å². The molecule has 2 amide bonds. The number of nitrogens with one attached hydrogen (secondary N) is 1. The second-order valence-corrected chi connectivity index (χ2v) is 13.7. The monoisotopic (exact) mass is 513 g/mol. The lowest BCUT2D eigenvalue weighted by molar-refractivity contribution is -0.130. The van der Waals surface area contributed by atoms with Crippen LogP contribution in [0.15, 0.2) is 0 Å². The largest absolute Gasteiger partial charge is 0.372 e. The van der Waals surface area contributed by atoms with Gasteiger partial charge in [-0.2, -0.15) is 0 Å². The summed E-state index contributed by atoms with van der Waals surface area (Å²) in [5.41, 5.74) is 2.17. The Morgan fingerprint density at radius 3 is 2.47 bits per heavy atom. The van der Waals surface area contributed by atoms with Crippen molar-refractivity contribution in [3.05, 3.63) is 20.9 Å². The van der Waals surface area contributed by atoms with E-state index in [1.54, 1.807) is 0 Å². The number of rotatable bonds is 7. The molecule has 0 aromatic carbocycles. The van der Waals surface area contributed by atoms with Crippen molar-refractivity contribution >= 4 is 23.2 Å². The van der Waals surface area contributed by atoms with Gasteiger partial charge in [0.1, 0.15) is 0 Å². The molecule has 1 N–H and O–H groups in total. The van der Waals surface area contributed by atoms with E-state index in [1.807, 2.05) is 16.2 Å². The Hall–Kier alpha value is -1.44. The van der Waals surface area contributed by atoms with Crippen LogP contribution in [0.4, 0.5) is 0 Å². The van der Waals surface area contributed by atoms with E-state index in [2.05, 4.69) is 31.0 Å². The van der Waals surface area contributed by atoms with E-state index >= 15 is 0 Å². The van der Waals surface area contributed by atoms with Crippen LogP contribution in [0.5, 0.6) is 0 Å². The molecule has 3 unspecified atom stereocenters. The van der Waals surface area contributed by atoms with Gasteiger partial charge in [0.25, 0.3) is 5.91 Å². The summed E-state index contributed by atoms with van der Waals surface area (Å²) in [4.78, 5) is 33.5. The van der Waals surface area contributed by atoms with Crippen molar-refractivity contribution in [2.24, 2.45) is 17.8 Å². The number of fused-ring (bicyclic) bond motifs is 1. The maximum atomic E-state index is 13.5. The standard InChI is InChI=1S/C29H43N3O3S/c1-17-12-18(2)30-28(33)24(17)16-31-11-10-25-27(29(31)34)19(3)26(36-25)13-20-4-6-21(7-5-20)32-14-23(15-32)35-22-8-9-22/h17-18,20-24H,4-16H2,1-3H3,(H,30,33)/t17?,18?,20-,21-,24?. The van der Waals surface area contributed by atoms with Crippen LogP contribution in [-0.2, 0) is 22.4 Å². The molecule has 0 spiro atoms. The fourth-order valence-electron chi connectivity index (χ4n) is 7.14. The van der Waals surface area contributed by atoms with Gasteiger partial charge < -0.3 is 15.0 Å². The van der Waals surface area contributed by atoms with Crippen LogP contribution < -0.4 is 5.32 Å². The molecule has 3 aliphatic heterocycles. The molecular formula is C29H43N3O3S. The second-order valence-electron chi connectivity index (χ2n) is 12.5. The average Bonchev–Trinajstić information content (AvgIpc) is 3.58. The average molecular weight is 514 g/mol. The van der Waals surface area contributed by atoms with Gasteiger partial charge in [0, 0.05) is 54.4 Å². The van der Waals surface area contributed by atoms with Crippen LogP contribution in [0.25, 0.3) is 0 Å². The summed E-state index contributed by atoms with van der Waals surface area (Å²) >= 11 is 1.89. The quantitative estimate of drug-likeness (QED) is 0.594. The number of thiophene rings is 1. The Bertz CT molecular complexity index is 990. The highest BCUT2D eigenvalue weighted by Gasteiger charge is 2.39. The Kier molecular flexibility index (Phi) is 6.93. The van der Waals surface area contributed by atoms with Crippen LogP contribution in [0.3, 0.4) is 0 Å². The first-order valence-electron chi connectivity index (χ1n) is 14.5. The zero-order chi connectivity index (χ0) is 25.0. The van der Waals surface area contributed by atoms with E-state index in [-0.39, 0.29) is 23.8 Å². The van der Waals surface area contributed by atoms with Gasteiger partial charge in [0.2, 0.25) is 5.91 Å². The molecule has 0 radical (unpaired) electrons. The lowest BCUT2D eigenvalue weighted by Gasteiger charge is -2.46. The summed E-state index contributed by atoms with van der Waals surface area (Å²) in [6, 6.07) is 0.976. The first kappa shape index (κ1) is 24.9. The summed E-state index contributed by atoms with van der Waals surface area (Å²) < 4.78 is 6.05. The van der Waals surface area contributed by atoms with E-state index in [9.17, 15) is 9.59 Å². The van der Waals surface area contributed by atoms with Gasteiger partial charge in [-0.05, 0) is 82.6 Å². The van der Waals surface area contributed by atoms with Crippen molar-refractivity contribution in [1.29, 1.82) is 0 Å². The number of amides is 2. The summed E-state index contributed by atoms with van der Waals surface area (Å²) in [6.07, 6.45) is 11.8. The Balaban J connectivity index is 1.03. The van der Waals surface area contributed by atoms with Gasteiger partial charge in [-0.1, -0.05) is 6.92 Å². The summed E-state index contributed by atoms with van der Waals surface area (Å²) in [5.74, 6) is 1.22. The predicted molar refractivity (Wildman–Crippen MR) is 142 cm³/mol. The maximum Gasteiger partial charge on any atom is 0.255 e. The van der Waals surface area contributed by atoms with Crippen molar-refractivity contribution in [2.45, 2.75) is 103 Å². The summed E-state index contributed by atoms with van der Waals surface area (Å²) in [6.45, 7) is 9.96. The van der Waals surface area contributed by atoms with E-state index in [0.717, 1.165) is 56.4 Å². The minimum Gasteiger partial charge on any atom is -0.372 e. The normalized spacial score (nSPS) is 33.9. The fraction of sp³-hybridized carbons (Fsp3) is 0.793. The zero-order valence-electron chi connectivity index (χ0n) is 22.3. The van der Waals surface area contributed by atoms with E-state index in [0.29, 0.717) is 24.7 Å². The fourth-order valence-corrected chi connectivity index (χ4v) is 8.55. The number of hydrogen-bond acceptors (Lipinski definition) is 5. The van der Waals surface area contributed by atoms with Gasteiger partial charge in [-0.25, -0.2) is 0 Å². The molecular weight excluding hydrogens is 470 g/mol. The van der Waals surface area contributed by atoms with Gasteiger partial charge >= 0.3 is 0 Å². The van der Waals surface area contributed by atoms with Gasteiger partial charge in [0.15, 0.2) is 0 Å². The number of nitrogens with zero attached hydrogens (tertiary/aromatic N) is 2. The number of carbonyl (C=O) groups excluding carboxylic acids is 2. The maximum absolute atomic E-state index is 13.5. The lowest BCUT2D eigenvalue weighted by Crippen LogP contribution is -2.57.